The Hall–Kier alpha value is -0.580. The fraction of sp³-hybridized carbons (Fsp3) is 0.571. The number of methoxy groups -OCH3 is 1. The Kier molecular flexibility index (Phi) is 6.68. The van der Waals surface area contributed by atoms with Gasteiger partial charge in [-0.1, -0.05) is 15.9 Å². The van der Waals surface area contributed by atoms with Crippen LogP contribution in [0.4, 0.5) is 0 Å². The summed E-state index contributed by atoms with van der Waals surface area (Å²) >= 11 is 3.54. The molecule has 1 aromatic rings. The summed E-state index contributed by atoms with van der Waals surface area (Å²) in [5, 5.41) is 3.19. The zero-order valence-electron chi connectivity index (χ0n) is 11.7. The Bertz CT molecular complexity index is 369. The van der Waals surface area contributed by atoms with Gasteiger partial charge in [0, 0.05) is 16.1 Å². The summed E-state index contributed by atoms with van der Waals surface area (Å²) in [5.74, 6) is 0.960. The Morgan fingerprint density at radius 2 is 2.11 bits per heavy atom. The van der Waals surface area contributed by atoms with Crippen molar-refractivity contribution in [2.75, 3.05) is 34.8 Å². The molecule has 0 heterocycles. The van der Waals surface area contributed by atoms with Gasteiger partial charge in [-0.15, -0.1) is 0 Å². The maximum absolute atomic E-state index is 5.47. The van der Waals surface area contributed by atoms with Crippen LogP contribution in [-0.2, 0) is 0 Å². The molecule has 0 bridgehead atoms. The van der Waals surface area contributed by atoms with E-state index in [9.17, 15) is 0 Å². The van der Waals surface area contributed by atoms with Crippen molar-refractivity contribution in [1.29, 1.82) is 0 Å². The molecular formula is C14H23BrN2O. The molecule has 18 heavy (non-hydrogen) atoms. The van der Waals surface area contributed by atoms with Crippen molar-refractivity contribution >= 4 is 15.9 Å². The molecule has 0 amide bonds. The number of hydrogen-bond acceptors (Lipinski definition) is 3. The average molecular weight is 315 g/mol. The standard InChI is InChI=1S/C14H23BrN2O/c1-16-9-5-6-13(17(2)3)12-10-11(15)7-8-14(12)18-4/h7-8,10,13,16H,5-6,9H2,1-4H3. The third kappa shape index (κ3) is 4.26. The van der Waals surface area contributed by atoms with E-state index in [2.05, 4.69) is 46.3 Å². The van der Waals surface area contributed by atoms with Gasteiger partial charge in [0.2, 0.25) is 0 Å². The fourth-order valence-corrected chi connectivity index (χ4v) is 2.51. The summed E-state index contributed by atoms with van der Waals surface area (Å²) < 4.78 is 6.57. The van der Waals surface area contributed by atoms with Crippen LogP contribution in [0.3, 0.4) is 0 Å². The lowest BCUT2D eigenvalue weighted by Crippen LogP contribution is -2.22. The summed E-state index contributed by atoms with van der Waals surface area (Å²) in [6, 6.07) is 6.57. The Morgan fingerprint density at radius 3 is 2.67 bits per heavy atom. The lowest BCUT2D eigenvalue weighted by atomic mass is 10.00. The third-order valence-electron chi connectivity index (χ3n) is 3.08. The Morgan fingerprint density at radius 1 is 1.39 bits per heavy atom. The molecule has 0 aliphatic rings. The maximum atomic E-state index is 5.47. The molecule has 3 nitrogen and oxygen atoms in total. The van der Waals surface area contributed by atoms with Gasteiger partial charge in [0.05, 0.1) is 7.11 Å². The molecule has 0 aliphatic carbocycles. The molecule has 0 saturated carbocycles. The van der Waals surface area contributed by atoms with Gasteiger partial charge >= 0.3 is 0 Å². The topological polar surface area (TPSA) is 24.5 Å². The summed E-state index contributed by atoms with van der Waals surface area (Å²) in [7, 11) is 7.95. The van der Waals surface area contributed by atoms with E-state index >= 15 is 0 Å². The summed E-state index contributed by atoms with van der Waals surface area (Å²) in [5.41, 5.74) is 1.24. The van der Waals surface area contributed by atoms with E-state index in [0.717, 1.165) is 29.6 Å². The zero-order valence-corrected chi connectivity index (χ0v) is 13.3. The maximum Gasteiger partial charge on any atom is 0.123 e. The van der Waals surface area contributed by atoms with Crippen molar-refractivity contribution in [2.24, 2.45) is 0 Å². The van der Waals surface area contributed by atoms with E-state index < -0.39 is 0 Å². The predicted molar refractivity (Wildman–Crippen MR) is 80.3 cm³/mol. The van der Waals surface area contributed by atoms with Crippen LogP contribution in [0.25, 0.3) is 0 Å². The van der Waals surface area contributed by atoms with E-state index in [-0.39, 0.29) is 0 Å². The smallest absolute Gasteiger partial charge is 0.123 e. The van der Waals surface area contributed by atoms with E-state index in [0.29, 0.717) is 6.04 Å². The van der Waals surface area contributed by atoms with Gasteiger partial charge in [-0.05, 0) is 58.7 Å². The van der Waals surface area contributed by atoms with Gasteiger partial charge in [0.1, 0.15) is 5.75 Å². The molecule has 102 valence electrons. The quantitative estimate of drug-likeness (QED) is 0.783. The normalized spacial score (nSPS) is 12.8. The monoisotopic (exact) mass is 314 g/mol. The Labute approximate surface area is 119 Å². The lowest BCUT2D eigenvalue weighted by Gasteiger charge is -2.26. The number of hydrogen-bond donors (Lipinski definition) is 1. The number of nitrogens with zero attached hydrogens (tertiary/aromatic N) is 1. The van der Waals surface area contributed by atoms with Gasteiger partial charge in [-0.25, -0.2) is 0 Å². The second kappa shape index (κ2) is 7.77. The van der Waals surface area contributed by atoms with Crippen molar-refractivity contribution in [3.63, 3.8) is 0 Å². The van der Waals surface area contributed by atoms with Crippen molar-refractivity contribution in [3.8, 4) is 5.75 Å². The molecular weight excluding hydrogens is 292 g/mol. The van der Waals surface area contributed by atoms with Gasteiger partial charge in [-0.2, -0.15) is 0 Å². The number of halogens is 1. The fourth-order valence-electron chi connectivity index (χ4n) is 2.13. The van der Waals surface area contributed by atoms with Gasteiger partial charge in [-0.3, -0.25) is 0 Å². The zero-order chi connectivity index (χ0) is 13.5. The molecule has 1 N–H and O–H groups in total. The summed E-state index contributed by atoms with van der Waals surface area (Å²) in [6.07, 6.45) is 2.26. The van der Waals surface area contributed by atoms with Gasteiger partial charge in [0.25, 0.3) is 0 Å². The van der Waals surface area contributed by atoms with Crippen LogP contribution < -0.4 is 10.1 Å². The Balaban J connectivity index is 2.93. The first-order chi connectivity index (χ1) is 8.60. The molecule has 0 radical (unpaired) electrons. The van der Waals surface area contributed by atoms with E-state index in [1.807, 2.05) is 19.2 Å². The first-order valence-corrected chi connectivity index (χ1v) is 7.04. The second-order valence-electron chi connectivity index (χ2n) is 4.61. The van der Waals surface area contributed by atoms with Crippen molar-refractivity contribution in [1.82, 2.24) is 10.2 Å². The van der Waals surface area contributed by atoms with E-state index in [1.165, 1.54) is 5.56 Å². The lowest BCUT2D eigenvalue weighted by molar-refractivity contribution is 0.270. The minimum atomic E-state index is 0.380. The SMILES string of the molecule is CNCCCC(c1cc(Br)ccc1OC)N(C)C. The summed E-state index contributed by atoms with van der Waals surface area (Å²) in [6.45, 7) is 1.04. The first-order valence-electron chi connectivity index (χ1n) is 6.24. The predicted octanol–water partition coefficient (Wildman–Crippen LogP) is 3.06. The molecule has 0 spiro atoms. The van der Waals surface area contributed by atoms with Crippen LogP contribution in [0, 0.1) is 0 Å². The molecule has 1 aromatic carbocycles. The highest BCUT2D eigenvalue weighted by Crippen LogP contribution is 2.33. The minimum Gasteiger partial charge on any atom is -0.496 e. The van der Waals surface area contributed by atoms with Crippen LogP contribution in [0.1, 0.15) is 24.4 Å². The number of ether oxygens (including phenoxy) is 1. The second-order valence-corrected chi connectivity index (χ2v) is 5.53. The van der Waals surface area contributed by atoms with Crippen molar-refractivity contribution < 1.29 is 4.74 Å². The van der Waals surface area contributed by atoms with Crippen LogP contribution >= 0.6 is 15.9 Å². The first kappa shape index (κ1) is 15.5. The number of rotatable bonds is 7. The minimum absolute atomic E-state index is 0.380. The molecule has 0 aromatic heterocycles. The molecule has 1 rings (SSSR count). The molecule has 4 heteroatoms. The number of benzene rings is 1. The highest BCUT2D eigenvalue weighted by molar-refractivity contribution is 9.10. The molecule has 1 unspecified atom stereocenters. The highest BCUT2D eigenvalue weighted by Gasteiger charge is 2.18. The van der Waals surface area contributed by atoms with Crippen molar-refractivity contribution in [3.05, 3.63) is 28.2 Å². The molecule has 0 fully saturated rings. The molecule has 0 saturated heterocycles. The average Bonchev–Trinajstić information content (AvgIpc) is 2.34. The van der Waals surface area contributed by atoms with E-state index in [1.54, 1.807) is 7.11 Å². The molecule has 0 aliphatic heterocycles. The van der Waals surface area contributed by atoms with Crippen LogP contribution in [0.15, 0.2) is 22.7 Å². The highest BCUT2D eigenvalue weighted by atomic mass is 79.9. The summed E-state index contributed by atoms with van der Waals surface area (Å²) in [4.78, 5) is 2.25. The van der Waals surface area contributed by atoms with Gasteiger partial charge < -0.3 is 15.0 Å². The third-order valence-corrected chi connectivity index (χ3v) is 3.57. The van der Waals surface area contributed by atoms with Crippen LogP contribution in [0.5, 0.6) is 5.75 Å². The van der Waals surface area contributed by atoms with Gasteiger partial charge in [0.15, 0.2) is 0 Å². The van der Waals surface area contributed by atoms with Crippen molar-refractivity contribution in [2.45, 2.75) is 18.9 Å². The number of nitrogens with one attached hydrogen (secondary N) is 1. The molecule has 1 atom stereocenters. The van der Waals surface area contributed by atoms with Crippen LogP contribution in [0.2, 0.25) is 0 Å². The van der Waals surface area contributed by atoms with E-state index in [4.69, 9.17) is 4.74 Å². The largest absolute Gasteiger partial charge is 0.496 e. The van der Waals surface area contributed by atoms with Crippen LogP contribution in [-0.4, -0.2) is 39.7 Å².